The lowest BCUT2D eigenvalue weighted by molar-refractivity contribution is -0.123. The van der Waals surface area contributed by atoms with Crippen molar-refractivity contribution in [3.8, 4) is 11.5 Å². The number of hydrogen-bond acceptors (Lipinski definition) is 6. The number of rotatable bonds is 9. The molecule has 0 saturated carbocycles. The van der Waals surface area contributed by atoms with Crippen LogP contribution in [0.25, 0.3) is 6.08 Å². The first-order valence-electron chi connectivity index (χ1n) is 11.3. The van der Waals surface area contributed by atoms with Crippen LogP contribution in [-0.2, 0) is 16.0 Å². The quantitative estimate of drug-likeness (QED) is 0.208. The Bertz CT molecular complexity index is 1260. The molecule has 1 unspecified atom stereocenters. The van der Waals surface area contributed by atoms with Gasteiger partial charge in [0.25, 0.3) is 5.91 Å². The molecule has 4 N–H and O–H groups in total. The minimum Gasteiger partial charge on any atom is -0.454 e. The van der Waals surface area contributed by atoms with Gasteiger partial charge in [0.15, 0.2) is 11.5 Å². The lowest BCUT2D eigenvalue weighted by Crippen LogP contribution is -2.43. The van der Waals surface area contributed by atoms with Crippen LogP contribution < -0.4 is 25.6 Å². The molecule has 0 aromatic heterocycles. The fraction of sp³-hybridized carbons (Fsp3) is 0.148. The number of fused-ring (bicyclic) bond motifs is 1. The molecule has 0 spiro atoms. The molecule has 3 aromatic carbocycles. The van der Waals surface area contributed by atoms with Gasteiger partial charge in [0.1, 0.15) is 6.04 Å². The minimum absolute atomic E-state index is 0.165. The summed E-state index contributed by atoms with van der Waals surface area (Å²) in [7, 11) is 0. The van der Waals surface area contributed by atoms with E-state index < -0.39 is 23.8 Å². The summed E-state index contributed by atoms with van der Waals surface area (Å²) in [4.78, 5) is 37.2. The van der Waals surface area contributed by atoms with Gasteiger partial charge in [-0.25, -0.2) is 5.48 Å². The Labute approximate surface area is 207 Å². The van der Waals surface area contributed by atoms with Crippen LogP contribution in [0.3, 0.4) is 0 Å². The molecule has 1 atom stereocenters. The normalized spacial score (nSPS) is 12.7. The van der Waals surface area contributed by atoms with Crippen LogP contribution in [0.4, 0.5) is 5.69 Å². The largest absolute Gasteiger partial charge is 0.454 e. The van der Waals surface area contributed by atoms with E-state index in [0.29, 0.717) is 30.0 Å². The van der Waals surface area contributed by atoms with E-state index in [-0.39, 0.29) is 12.4 Å². The molecule has 0 fully saturated rings. The highest BCUT2D eigenvalue weighted by Gasteiger charge is 2.20. The van der Waals surface area contributed by atoms with Crippen molar-refractivity contribution >= 4 is 29.5 Å². The van der Waals surface area contributed by atoms with E-state index >= 15 is 0 Å². The fourth-order valence-electron chi connectivity index (χ4n) is 3.63. The molecule has 1 aliphatic heterocycles. The number of hydroxylamine groups is 1. The third-order valence-electron chi connectivity index (χ3n) is 5.54. The molecule has 0 saturated heterocycles. The lowest BCUT2D eigenvalue weighted by atomic mass is 10.0. The maximum atomic E-state index is 13.0. The molecule has 36 heavy (non-hydrogen) atoms. The summed E-state index contributed by atoms with van der Waals surface area (Å²) in [5.41, 5.74) is 4.04. The third kappa shape index (κ3) is 6.49. The zero-order valence-electron chi connectivity index (χ0n) is 19.3. The number of aryl methyl sites for hydroxylation is 1. The molecule has 9 heteroatoms. The molecular weight excluding hydrogens is 462 g/mol. The molecule has 3 aromatic rings. The predicted octanol–water partition coefficient (Wildman–Crippen LogP) is 3.30. The summed E-state index contributed by atoms with van der Waals surface area (Å²) in [6.07, 6.45) is 3.96. The van der Waals surface area contributed by atoms with Gasteiger partial charge in [-0.1, -0.05) is 36.4 Å². The summed E-state index contributed by atoms with van der Waals surface area (Å²) in [5.74, 6) is -0.208. The second-order valence-electron chi connectivity index (χ2n) is 8.04. The second kappa shape index (κ2) is 11.7. The SMILES string of the molecule is O=C(/C=C/c1ccc2c(c1)OCO2)NC(CCc1ccccc1)C(=O)Nc1ccc(C(=O)NO)cc1. The van der Waals surface area contributed by atoms with Gasteiger partial charge in [-0.15, -0.1) is 0 Å². The molecule has 184 valence electrons. The van der Waals surface area contributed by atoms with E-state index in [2.05, 4.69) is 10.6 Å². The van der Waals surface area contributed by atoms with E-state index in [0.717, 1.165) is 11.1 Å². The number of carbonyl (C=O) groups is 3. The van der Waals surface area contributed by atoms with Crippen LogP contribution in [0, 0.1) is 0 Å². The number of carbonyl (C=O) groups excluding carboxylic acids is 3. The van der Waals surface area contributed by atoms with Crippen LogP contribution in [0.2, 0.25) is 0 Å². The summed E-state index contributed by atoms with van der Waals surface area (Å²) in [6.45, 7) is 0.165. The van der Waals surface area contributed by atoms with Crippen molar-refractivity contribution in [3.63, 3.8) is 0 Å². The first-order chi connectivity index (χ1) is 17.5. The highest BCUT2D eigenvalue weighted by Crippen LogP contribution is 2.32. The fourth-order valence-corrected chi connectivity index (χ4v) is 3.63. The third-order valence-corrected chi connectivity index (χ3v) is 5.54. The summed E-state index contributed by atoms with van der Waals surface area (Å²) in [5, 5.41) is 14.3. The van der Waals surface area contributed by atoms with Crippen molar-refractivity contribution in [1.29, 1.82) is 0 Å². The van der Waals surface area contributed by atoms with Gasteiger partial charge in [-0.2, -0.15) is 0 Å². The van der Waals surface area contributed by atoms with Gasteiger partial charge in [-0.3, -0.25) is 19.6 Å². The second-order valence-corrected chi connectivity index (χ2v) is 8.04. The number of ether oxygens (including phenoxy) is 2. The standard InChI is InChI=1S/C27H25N3O6/c31-25(15-8-19-7-14-23-24(16-19)36-17-35-23)29-22(13-6-18-4-2-1-3-5-18)27(33)28-21-11-9-20(10-12-21)26(32)30-34/h1-5,7-12,14-16,22,34H,6,13,17H2,(H,28,33)(H,29,31)(H,30,32)/b15-8+. The highest BCUT2D eigenvalue weighted by atomic mass is 16.7. The monoisotopic (exact) mass is 487 g/mol. The maximum absolute atomic E-state index is 13.0. The van der Waals surface area contributed by atoms with Crippen LogP contribution in [-0.4, -0.2) is 35.8 Å². The molecule has 0 aliphatic carbocycles. The molecular formula is C27H25N3O6. The van der Waals surface area contributed by atoms with E-state index in [4.69, 9.17) is 14.7 Å². The van der Waals surface area contributed by atoms with Crippen molar-refractivity contribution in [3.05, 3.63) is 95.6 Å². The van der Waals surface area contributed by atoms with E-state index in [1.54, 1.807) is 29.8 Å². The summed E-state index contributed by atoms with van der Waals surface area (Å²) >= 11 is 0. The highest BCUT2D eigenvalue weighted by molar-refractivity contribution is 6.00. The summed E-state index contributed by atoms with van der Waals surface area (Å²) in [6, 6.07) is 20.2. The Morgan fingerprint density at radius 2 is 1.69 bits per heavy atom. The Morgan fingerprint density at radius 3 is 2.44 bits per heavy atom. The van der Waals surface area contributed by atoms with Gasteiger partial charge in [0.2, 0.25) is 18.6 Å². The number of hydrogen-bond donors (Lipinski definition) is 4. The molecule has 3 amide bonds. The molecule has 1 aliphatic rings. The number of anilines is 1. The Hall–Kier alpha value is -4.63. The summed E-state index contributed by atoms with van der Waals surface area (Å²) < 4.78 is 10.6. The van der Waals surface area contributed by atoms with Gasteiger partial charge in [0, 0.05) is 17.3 Å². The maximum Gasteiger partial charge on any atom is 0.274 e. The topological polar surface area (TPSA) is 126 Å². The van der Waals surface area contributed by atoms with Crippen LogP contribution in [0.5, 0.6) is 11.5 Å². The van der Waals surface area contributed by atoms with Crippen molar-refractivity contribution in [1.82, 2.24) is 10.8 Å². The predicted molar refractivity (Wildman–Crippen MR) is 133 cm³/mol. The van der Waals surface area contributed by atoms with Crippen LogP contribution >= 0.6 is 0 Å². The van der Waals surface area contributed by atoms with E-state index in [1.165, 1.54) is 30.3 Å². The van der Waals surface area contributed by atoms with Crippen molar-refractivity contribution in [2.45, 2.75) is 18.9 Å². The molecule has 9 nitrogen and oxygen atoms in total. The minimum atomic E-state index is -0.806. The van der Waals surface area contributed by atoms with E-state index in [1.807, 2.05) is 30.3 Å². The Balaban J connectivity index is 1.42. The average molecular weight is 488 g/mol. The molecule has 4 rings (SSSR count). The van der Waals surface area contributed by atoms with Crippen molar-refractivity contribution < 1.29 is 29.1 Å². The van der Waals surface area contributed by atoms with E-state index in [9.17, 15) is 14.4 Å². The molecule has 0 radical (unpaired) electrons. The Morgan fingerprint density at radius 1 is 0.944 bits per heavy atom. The van der Waals surface area contributed by atoms with Gasteiger partial charge in [-0.05, 0) is 66.4 Å². The van der Waals surface area contributed by atoms with Crippen molar-refractivity contribution in [2.24, 2.45) is 0 Å². The first kappa shape index (κ1) is 24.5. The lowest BCUT2D eigenvalue weighted by Gasteiger charge is -2.18. The zero-order chi connectivity index (χ0) is 25.3. The molecule has 1 heterocycles. The Kier molecular flexibility index (Phi) is 7.94. The first-order valence-corrected chi connectivity index (χ1v) is 11.3. The van der Waals surface area contributed by atoms with Gasteiger partial charge in [0.05, 0.1) is 0 Å². The average Bonchev–Trinajstić information content (AvgIpc) is 3.38. The van der Waals surface area contributed by atoms with Crippen LogP contribution in [0.15, 0.2) is 78.9 Å². The number of benzene rings is 3. The molecule has 0 bridgehead atoms. The van der Waals surface area contributed by atoms with Gasteiger partial charge >= 0.3 is 0 Å². The zero-order valence-corrected chi connectivity index (χ0v) is 19.3. The number of nitrogens with one attached hydrogen (secondary N) is 3. The smallest absolute Gasteiger partial charge is 0.274 e. The van der Waals surface area contributed by atoms with Gasteiger partial charge < -0.3 is 20.1 Å². The number of amides is 3. The van der Waals surface area contributed by atoms with Crippen LogP contribution in [0.1, 0.15) is 27.9 Å². The van der Waals surface area contributed by atoms with Crippen molar-refractivity contribution in [2.75, 3.05) is 12.1 Å².